The zero-order valence-electron chi connectivity index (χ0n) is 10.3. The van der Waals surface area contributed by atoms with E-state index in [2.05, 4.69) is 12.2 Å². The van der Waals surface area contributed by atoms with Gasteiger partial charge in [-0.3, -0.25) is 0 Å². The number of benzene rings is 1. The number of nitrogens with one attached hydrogen (secondary N) is 1. The van der Waals surface area contributed by atoms with Crippen molar-refractivity contribution in [2.75, 3.05) is 19.8 Å². The summed E-state index contributed by atoms with van der Waals surface area (Å²) < 4.78 is 30.5. The fourth-order valence-corrected chi connectivity index (χ4v) is 1.61. The minimum Gasteiger partial charge on any atom is -0.491 e. The van der Waals surface area contributed by atoms with E-state index in [1.807, 2.05) is 6.92 Å². The molecule has 0 bridgehead atoms. The molecular weight excluding hydrogens is 224 g/mol. The van der Waals surface area contributed by atoms with Crippen molar-refractivity contribution in [2.24, 2.45) is 0 Å². The average molecular weight is 243 g/mol. The van der Waals surface area contributed by atoms with E-state index in [0.29, 0.717) is 5.75 Å². The second-order valence-corrected chi connectivity index (χ2v) is 3.90. The summed E-state index contributed by atoms with van der Waals surface area (Å²) in [6.07, 6.45) is 1.00. The number of ether oxygens (including phenoxy) is 1. The van der Waals surface area contributed by atoms with Gasteiger partial charge in [-0.2, -0.15) is 0 Å². The topological polar surface area (TPSA) is 21.3 Å². The van der Waals surface area contributed by atoms with Crippen molar-refractivity contribution in [1.82, 2.24) is 5.32 Å². The van der Waals surface area contributed by atoms with Crippen LogP contribution in [-0.4, -0.2) is 19.8 Å². The quantitative estimate of drug-likeness (QED) is 0.793. The Kier molecular flexibility index (Phi) is 5.91. The Bertz CT molecular complexity index is 344. The fourth-order valence-electron chi connectivity index (χ4n) is 1.61. The molecule has 0 spiro atoms. The van der Waals surface area contributed by atoms with Gasteiger partial charge in [0.1, 0.15) is 24.8 Å². The van der Waals surface area contributed by atoms with Crippen LogP contribution >= 0.6 is 0 Å². The number of rotatable bonds is 7. The summed E-state index contributed by atoms with van der Waals surface area (Å²) in [7, 11) is 0. The lowest BCUT2D eigenvalue weighted by atomic mass is 10.1. The molecule has 0 aliphatic heterocycles. The smallest absolute Gasteiger partial charge is 0.124 e. The molecule has 17 heavy (non-hydrogen) atoms. The van der Waals surface area contributed by atoms with E-state index in [4.69, 9.17) is 4.74 Å². The Hall–Kier alpha value is -1.16. The summed E-state index contributed by atoms with van der Waals surface area (Å²) in [5.41, 5.74) is 0.729. The highest BCUT2D eigenvalue weighted by atomic mass is 19.1. The molecule has 0 aliphatic rings. The molecule has 0 amide bonds. The van der Waals surface area contributed by atoms with Gasteiger partial charge < -0.3 is 10.1 Å². The van der Waals surface area contributed by atoms with Crippen LogP contribution in [0.5, 0.6) is 5.75 Å². The van der Waals surface area contributed by atoms with Crippen LogP contribution in [0.3, 0.4) is 0 Å². The summed E-state index contributed by atoms with van der Waals surface area (Å²) in [5, 5.41) is 3.25. The number of hydrogen-bond acceptors (Lipinski definition) is 2. The molecule has 1 atom stereocenters. The number of halogens is 2. The van der Waals surface area contributed by atoms with Crippen LogP contribution in [0.1, 0.15) is 31.9 Å². The predicted molar refractivity (Wildman–Crippen MR) is 64.6 cm³/mol. The molecule has 0 aliphatic carbocycles. The van der Waals surface area contributed by atoms with Crippen molar-refractivity contribution in [1.29, 1.82) is 0 Å². The first-order valence-electron chi connectivity index (χ1n) is 5.90. The van der Waals surface area contributed by atoms with Gasteiger partial charge in [-0.05, 0) is 38.1 Å². The molecule has 0 radical (unpaired) electrons. The third kappa shape index (κ3) is 4.30. The number of alkyl halides is 1. The van der Waals surface area contributed by atoms with E-state index in [-0.39, 0.29) is 18.5 Å². The van der Waals surface area contributed by atoms with Gasteiger partial charge in [0.15, 0.2) is 0 Å². The summed E-state index contributed by atoms with van der Waals surface area (Å²) in [6.45, 7) is 4.30. The Balaban J connectivity index is 2.81. The second kappa shape index (κ2) is 7.22. The lowest BCUT2D eigenvalue weighted by molar-refractivity contribution is 0.268. The van der Waals surface area contributed by atoms with E-state index in [0.717, 1.165) is 18.5 Å². The maximum absolute atomic E-state index is 13.2. The molecule has 1 N–H and O–H groups in total. The van der Waals surface area contributed by atoms with Gasteiger partial charge >= 0.3 is 0 Å². The largest absolute Gasteiger partial charge is 0.491 e. The van der Waals surface area contributed by atoms with E-state index in [9.17, 15) is 8.78 Å². The van der Waals surface area contributed by atoms with Crippen molar-refractivity contribution in [3.05, 3.63) is 29.6 Å². The van der Waals surface area contributed by atoms with Crippen LogP contribution < -0.4 is 10.1 Å². The summed E-state index contributed by atoms with van der Waals surface area (Å²) >= 11 is 0. The van der Waals surface area contributed by atoms with Crippen LogP contribution in [-0.2, 0) is 0 Å². The lowest BCUT2D eigenvalue weighted by Crippen LogP contribution is -2.20. The van der Waals surface area contributed by atoms with Gasteiger partial charge in [-0.25, -0.2) is 8.78 Å². The molecular formula is C13H19F2NO. The van der Waals surface area contributed by atoms with Gasteiger partial charge in [-0.15, -0.1) is 0 Å². The second-order valence-electron chi connectivity index (χ2n) is 3.90. The van der Waals surface area contributed by atoms with Crippen molar-refractivity contribution in [2.45, 2.75) is 26.3 Å². The van der Waals surface area contributed by atoms with Crippen molar-refractivity contribution in [3.63, 3.8) is 0 Å². The van der Waals surface area contributed by atoms with Crippen LogP contribution in [0, 0.1) is 5.82 Å². The minimum atomic E-state index is -0.548. The molecule has 0 aromatic heterocycles. The Morgan fingerprint density at radius 1 is 1.41 bits per heavy atom. The molecule has 0 heterocycles. The fraction of sp³-hybridized carbons (Fsp3) is 0.538. The summed E-state index contributed by atoms with van der Waals surface area (Å²) in [4.78, 5) is 0. The Morgan fingerprint density at radius 2 is 2.18 bits per heavy atom. The highest BCUT2D eigenvalue weighted by molar-refractivity contribution is 5.36. The first kappa shape index (κ1) is 13.9. The molecule has 1 aromatic carbocycles. The average Bonchev–Trinajstić information content (AvgIpc) is 2.34. The Morgan fingerprint density at radius 3 is 2.82 bits per heavy atom. The van der Waals surface area contributed by atoms with Crippen molar-refractivity contribution in [3.8, 4) is 5.75 Å². The molecule has 1 aromatic rings. The molecule has 2 nitrogen and oxygen atoms in total. The van der Waals surface area contributed by atoms with E-state index < -0.39 is 6.67 Å². The first-order chi connectivity index (χ1) is 8.19. The SMILES string of the molecule is CCCNC(C)c1cc(F)ccc1OCCF. The third-order valence-electron chi connectivity index (χ3n) is 2.47. The van der Waals surface area contributed by atoms with Crippen LogP contribution in [0.25, 0.3) is 0 Å². The minimum absolute atomic E-state index is 0.000863. The molecule has 1 unspecified atom stereocenters. The normalized spacial score (nSPS) is 12.5. The van der Waals surface area contributed by atoms with Crippen LogP contribution in [0.4, 0.5) is 8.78 Å². The van der Waals surface area contributed by atoms with Gasteiger partial charge in [0, 0.05) is 11.6 Å². The van der Waals surface area contributed by atoms with Crippen LogP contribution in [0.15, 0.2) is 18.2 Å². The molecule has 4 heteroatoms. The molecule has 0 fully saturated rings. The molecule has 0 saturated heterocycles. The summed E-state index contributed by atoms with van der Waals surface area (Å²) in [5.74, 6) is 0.234. The number of hydrogen-bond donors (Lipinski definition) is 1. The van der Waals surface area contributed by atoms with E-state index in [1.54, 1.807) is 6.07 Å². The molecule has 96 valence electrons. The maximum atomic E-state index is 13.2. The van der Waals surface area contributed by atoms with E-state index in [1.165, 1.54) is 12.1 Å². The van der Waals surface area contributed by atoms with Gasteiger partial charge in [0.25, 0.3) is 0 Å². The maximum Gasteiger partial charge on any atom is 0.124 e. The molecule has 1 rings (SSSR count). The lowest BCUT2D eigenvalue weighted by Gasteiger charge is -2.17. The van der Waals surface area contributed by atoms with Gasteiger partial charge in [-0.1, -0.05) is 6.92 Å². The zero-order chi connectivity index (χ0) is 12.7. The van der Waals surface area contributed by atoms with E-state index >= 15 is 0 Å². The third-order valence-corrected chi connectivity index (χ3v) is 2.47. The van der Waals surface area contributed by atoms with Crippen molar-refractivity contribution >= 4 is 0 Å². The molecule has 0 saturated carbocycles. The summed E-state index contributed by atoms with van der Waals surface area (Å²) in [6, 6.07) is 4.29. The first-order valence-corrected chi connectivity index (χ1v) is 5.90. The Labute approximate surface area is 101 Å². The van der Waals surface area contributed by atoms with Crippen LogP contribution in [0.2, 0.25) is 0 Å². The highest BCUT2D eigenvalue weighted by Gasteiger charge is 2.12. The highest BCUT2D eigenvalue weighted by Crippen LogP contribution is 2.26. The standard InChI is InChI=1S/C13H19F2NO/c1-3-7-16-10(2)12-9-11(15)4-5-13(12)17-8-6-14/h4-5,9-10,16H,3,6-8H2,1-2H3. The zero-order valence-corrected chi connectivity index (χ0v) is 10.3. The van der Waals surface area contributed by atoms with Crippen molar-refractivity contribution < 1.29 is 13.5 Å². The monoisotopic (exact) mass is 243 g/mol. The van der Waals surface area contributed by atoms with Gasteiger partial charge in [0.05, 0.1) is 0 Å². The predicted octanol–water partition coefficient (Wildman–Crippen LogP) is 3.23. The van der Waals surface area contributed by atoms with Gasteiger partial charge in [0.2, 0.25) is 0 Å².